The molecule has 1 saturated heterocycles. The van der Waals surface area contributed by atoms with Crippen LogP contribution in [-0.4, -0.2) is 56.8 Å². The van der Waals surface area contributed by atoms with Crippen LogP contribution in [0, 0.1) is 6.92 Å². The predicted molar refractivity (Wildman–Crippen MR) is 101 cm³/mol. The molecule has 6 heteroatoms. The minimum Gasteiger partial charge on any atom is -0.337 e. The molecule has 2 aromatic rings. The largest absolute Gasteiger partial charge is 0.337 e. The highest BCUT2D eigenvalue weighted by Crippen LogP contribution is 2.15. The Morgan fingerprint density at radius 1 is 1.15 bits per heavy atom. The van der Waals surface area contributed by atoms with Crippen LogP contribution in [0.15, 0.2) is 30.7 Å². The summed E-state index contributed by atoms with van der Waals surface area (Å²) in [6.45, 7) is 10.3. The lowest BCUT2D eigenvalue weighted by molar-refractivity contribution is 0.0759. The van der Waals surface area contributed by atoms with Crippen LogP contribution in [0.3, 0.4) is 0 Å². The van der Waals surface area contributed by atoms with Crippen LogP contribution in [-0.2, 0) is 6.54 Å². The Bertz CT molecular complexity index is 747. The van der Waals surface area contributed by atoms with E-state index in [1.807, 2.05) is 36.4 Å². The smallest absolute Gasteiger partial charge is 0.257 e. The van der Waals surface area contributed by atoms with Crippen LogP contribution < -0.4 is 0 Å². The summed E-state index contributed by atoms with van der Waals surface area (Å²) in [7, 11) is 0. The van der Waals surface area contributed by atoms with E-state index in [1.165, 1.54) is 5.56 Å². The van der Waals surface area contributed by atoms with Crippen molar-refractivity contribution in [3.8, 4) is 0 Å². The summed E-state index contributed by atoms with van der Waals surface area (Å²) >= 11 is 0. The first kappa shape index (κ1) is 18.5. The molecule has 0 saturated carbocycles. The summed E-state index contributed by atoms with van der Waals surface area (Å²) in [6.07, 6.45) is 6.32. The molecule has 0 aliphatic carbocycles. The Labute approximate surface area is 155 Å². The molecule has 1 fully saturated rings. The standard InChI is InChI=1S/C20H27N5O/c1-15(2)19-22-13-18(16(3)23-19)20(26)25-10-4-9-24(11-12-25)14-17-5-7-21-8-6-17/h5-8,13,15H,4,9-12,14H2,1-3H3. The SMILES string of the molecule is Cc1nc(C(C)C)ncc1C(=O)N1CCCN(Cc2ccncc2)CC1. The molecule has 1 aliphatic heterocycles. The van der Waals surface area contributed by atoms with Crippen molar-refractivity contribution in [1.29, 1.82) is 0 Å². The van der Waals surface area contributed by atoms with Crippen LogP contribution in [0.1, 0.15) is 53.6 Å². The highest BCUT2D eigenvalue weighted by atomic mass is 16.2. The van der Waals surface area contributed by atoms with Gasteiger partial charge < -0.3 is 4.90 Å². The fourth-order valence-electron chi connectivity index (χ4n) is 3.22. The number of carbonyl (C=O) groups is 1. The lowest BCUT2D eigenvalue weighted by atomic mass is 10.1. The lowest BCUT2D eigenvalue weighted by Gasteiger charge is -2.22. The first-order valence-corrected chi connectivity index (χ1v) is 9.28. The van der Waals surface area contributed by atoms with Gasteiger partial charge in [-0.1, -0.05) is 13.8 Å². The van der Waals surface area contributed by atoms with Gasteiger partial charge >= 0.3 is 0 Å². The second-order valence-corrected chi connectivity index (χ2v) is 7.16. The van der Waals surface area contributed by atoms with E-state index in [9.17, 15) is 4.79 Å². The summed E-state index contributed by atoms with van der Waals surface area (Å²) in [5, 5.41) is 0. The molecule has 0 atom stereocenters. The first-order valence-electron chi connectivity index (χ1n) is 9.28. The van der Waals surface area contributed by atoms with Gasteiger partial charge in [0.05, 0.1) is 11.3 Å². The highest BCUT2D eigenvalue weighted by molar-refractivity contribution is 5.94. The molecule has 6 nitrogen and oxygen atoms in total. The Balaban J connectivity index is 1.64. The van der Waals surface area contributed by atoms with E-state index in [4.69, 9.17) is 0 Å². The van der Waals surface area contributed by atoms with Gasteiger partial charge in [-0.05, 0) is 31.0 Å². The molecule has 1 amide bonds. The van der Waals surface area contributed by atoms with E-state index in [0.717, 1.165) is 50.7 Å². The molecular formula is C20H27N5O. The zero-order valence-electron chi connectivity index (χ0n) is 15.9. The van der Waals surface area contributed by atoms with Gasteiger partial charge in [0, 0.05) is 57.2 Å². The molecule has 0 radical (unpaired) electrons. The van der Waals surface area contributed by atoms with Gasteiger partial charge in [0.15, 0.2) is 0 Å². The van der Waals surface area contributed by atoms with Gasteiger partial charge in [-0.3, -0.25) is 14.7 Å². The zero-order valence-corrected chi connectivity index (χ0v) is 15.9. The molecule has 3 rings (SSSR count). The fraction of sp³-hybridized carbons (Fsp3) is 0.500. The van der Waals surface area contributed by atoms with E-state index < -0.39 is 0 Å². The topological polar surface area (TPSA) is 62.2 Å². The fourth-order valence-corrected chi connectivity index (χ4v) is 3.22. The molecule has 0 spiro atoms. The molecule has 0 unspecified atom stereocenters. The molecule has 138 valence electrons. The average molecular weight is 353 g/mol. The molecule has 0 aromatic carbocycles. The lowest BCUT2D eigenvalue weighted by Crippen LogP contribution is -2.35. The van der Waals surface area contributed by atoms with Gasteiger partial charge in [-0.15, -0.1) is 0 Å². The maximum Gasteiger partial charge on any atom is 0.257 e. The van der Waals surface area contributed by atoms with Crippen molar-refractivity contribution in [1.82, 2.24) is 24.8 Å². The number of amides is 1. The number of carbonyl (C=O) groups excluding carboxylic acids is 1. The number of hydrogen-bond donors (Lipinski definition) is 0. The first-order chi connectivity index (χ1) is 12.5. The van der Waals surface area contributed by atoms with E-state index >= 15 is 0 Å². The third-order valence-electron chi connectivity index (χ3n) is 4.78. The molecule has 3 heterocycles. The summed E-state index contributed by atoms with van der Waals surface area (Å²) in [6, 6.07) is 4.09. The minimum absolute atomic E-state index is 0.0450. The predicted octanol–water partition coefficient (Wildman–Crippen LogP) is 2.65. The van der Waals surface area contributed by atoms with Gasteiger partial charge in [0.1, 0.15) is 5.82 Å². The van der Waals surface area contributed by atoms with Crippen molar-refractivity contribution in [2.24, 2.45) is 0 Å². The van der Waals surface area contributed by atoms with Gasteiger partial charge in [-0.25, -0.2) is 9.97 Å². The molecule has 26 heavy (non-hydrogen) atoms. The molecular weight excluding hydrogens is 326 g/mol. The van der Waals surface area contributed by atoms with Crippen molar-refractivity contribution < 1.29 is 4.79 Å². The zero-order chi connectivity index (χ0) is 18.5. The minimum atomic E-state index is 0.0450. The summed E-state index contributed by atoms with van der Waals surface area (Å²) < 4.78 is 0. The second kappa shape index (κ2) is 8.36. The maximum atomic E-state index is 12.9. The molecule has 0 N–H and O–H groups in total. The van der Waals surface area contributed by atoms with E-state index in [1.54, 1.807) is 6.20 Å². The quantitative estimate of drug-likeness (QED) is 0.846. The summed E-state index contributed by atoms with van der Waals surface area (Å²) in [4.78, 5) is 30.2. The molecule has 0 bridgehead atoms. The van der Waals surface area contributed by atoms with Crippen molar-refractivity contribution in [3.63, 3.8) is 0 Å². The molecule has 1 aliphatic rings. The number of rotatable bonds is 4. The Kier molecular flexibility index (Phi) is 5.93. The van der Waals surface area contributed by atoms with Gasteiger partial charge in [0.2, 0.25) is 0 Å². The average Bonchev–Trinajstić information content (AvgIpc) is 2.87. The number of nitrogens with zero attached hydrogens (tertiary/aromatic N) is 5. The third kappa shape index (κ3) is 4.43. The van der Waals surface area contributed by atoms with Crippen LogP contribution >= 0.6 is 0 Å². The number of aryl methyl sites for hydroxylation is 1. The van der Waals surface area contributed by atoms with Gasteiger partial charge in [-0.2, -0.15) is 0 Å². The van der Waals surface area contributed by atoms with Gasteiger partial charge in [0.25, 0.3) is 5.91 Å². The number of aromatic nitrogens is 3. The second-order valence-electron chi connectivity index (χ2n) is 7.16. The van der Waals surface area contributed by atoms with Crippen LogP contribution in [0.25, 0.3) is 0 Å². The third-order valence-corrected chi connectivity index (χ3v) is 4.78. The normalized spacial score (nSPS) is 15.9. The van der Waals surface area contributed by atoms with Crippen LogP contribution in [0.2, 0.25) is 0 Å². The Hall–Kier alpha value is -2.34. The number of pyridine rings is 1. The van der Waals surface area contributed by atoms with E-state index in [2.05, 4.69) is 33.7 Å². The maximum absolute atomic E-state index is 12.9. The number of hydrogen-bond acceptors (Lipinski definition) is 5. The summed E-state index contributed by atoms with van der Waals surface area (Å²) in [5.74, 6) is 1.10. The van der Waals surface area contributed by atoms with Crippen molar-refractivity contribution >= 4 is 5.91 Å². The monoisotopic (exact) mass is 353 g/mol. The Morgan fingerprint density at radius 2 is 1.92 bits per heavy atom. The highest BCUT2D eigenvalue weighted by Gasteiger charge is 2.22. The molecule has 2 aromatic heterocycles. The van der Waals surface area contributed by atoms with Crippen LogP contribution in [0.5, 0.6) is 0 Å². The van der Waals surface area contributed by atoms with E-state index in [0.29, 0.717) is 5.56 Å². The van der Waals surface area contributed by atoms with Crippen molar-refractivity contribution in [2.45, 2.75) is 39.7 Å². The van der Waals surface area contributed by atoms with Crippen LogP contribution in [0.4, 0.5) is 0 Å². The van der Waals surface area contributed by atoms with Crippen molar-refractivity contribution in [3.05, 3.63) is 53.4 Å². The van der Waals surface area contributed by atoms with E-state index in [-0.39, 0.29) is 11.8 Å². The van der Waals surface area contributed by atoms with Crippen molar-refractivity contribution in [2.75, 3.05) is 26.2 Å². The Morgan fingerprint density at radius 3 is 2.62 bits per heavy atom. The summed E-state index contributed by atoms with van der Waals surface area (Å²) in [5.41, 5.74) is 2.65.